The van der Waals surface area contributed by atoms with Crippen LogP contribution in [0.15, 0.2) is 71.7 Å². The third-order valence-corrected chi connectivity index (χ3v) is 13.9. The molecule has 0 amide bonds. The fourth-order valence-electron chi connectivity index (χ4n) is 6.31. The molecule has 2 aromatic heterocycles. The lowest BCUT2D eigenvalue weighted by Gasteiger charge is -2.43. The lowest BCUT2D eigenvalue weighted by atomic mass is 10.2. The smallest absolute Gasteiger partial charge is 0.263 e. The van der Waals surface area contributed by atoms with Gasteiger partial charge in [-0.25, -0.2) is 0 Å². The van der Waals surface area contributed by atoms with E-state index in [-0.39, 0.29) is 28.6 Å². The molecule has 2 N–H and O–H groups in total. The number of rotatable bonds is 12. The maximum absolute atomic E-state index is 13.2. The van der Waals surface area contributed by atoms with Crippen molar-refractivity contribution in [1.29, 1.82) is 0 Å². The molecular weight excluding hydrogens is 629 g/mol. The number of fused-ring (bicyclic) bond motifs is 1. The molecule has 0 bridgehead atoms. The molecule has 3 heterocycles. The topological polar surface area (TPSA) is 107 Å². The van der Waals surface area contributed by atoms with Crippen LogP contribution in [-0.4, -0.2) is 66.7 Å². The quantitative estimate of drug-likeness (QED) is 0.122. The molecular formula is C36H44N4O5SSi. The molecule has 1 saturated heterocycles. The van der Waals surface area contributed by atoms with Crippen molar-refractivity contribution in [3.05, 3.63) is 82.8 Å². The zero-order valence-corrected chi connectivity index (χ0v) is 29.8. The normalized spacial score (nSPS) is 18.2. The fraction of sp³-hybridized carbons (Fsp3) is 0.417. The molecule has 1 aliphatic heterocycles. The Balaban J connectivity index is 1.52. The Morgan fingerprint density at radius 1 is 1.15 bits per heavy atom. The van der Waals surface area contributed by atoms with Gasteiger partial charge in [0.2, 0.25) is 5.95 Å². The Morgan fingerprint density at radius 2 is 1.81 bits per heavy atom. The Hall–Kier alpha value is -3.66. The number of nitrogens with zero attached hydrogens (tertiary/aromatic N) is 2. The van der Waals surface area contributed by atoms with Crippen LogP contribution in [0.3, 0.4) is 0 Å². The van der Waals surface area contributed by atoms with E-state index < -0.39 is 14.5 Å². The van der Waals surface area contributed by atoms with E-state index in [0.717, 1.165) is 0 Å². The van der Waals surface area contributed by atoms with E-state index in [1.807, 2.05) is 29.2 Å². The number of aromatic amines is 1. The van der Waals surface area contributed by atoms with Crippen LogP contribution in [0.1, 0.15) is 58.7 Å². The van der Waals surface area contributed by atoms with E-state index >= 15 is 0 Å². The molecule has 1 fully saturated rings. The summed E-state index contributed by atoms with van der Waals surface area (Å²) < 4.78 is 22.3. The number of H-pyrrole nitrogens is 1. The summed E-state index contributed by atoms with van der Waals surface area (Å²) in [5.41, 5.74) is 0.710. The Bertz CT molecular complexity index is 1750. The van der Waals surface area contributed by atoms with Crippen LogP contribution >= 0.6 is 11.8 Å². The number of carbonyl (C=O) groups is 1. The number of thioether (sulfide) groups is 1. The highest BCUT2D eigenvalue weighted by Crippen LogP contribution is 2.39. The summed E-state index contributed by atoms with van der Waals surface area (Å²) in [4.78, 5) is 32.2. The van der Waals surface area contributed by atoms with E-state index in [9.17, 15) is 9.59 Å². The van der Waals surface area contributed by atoms with Gasteiger partial charge in [-0.15, -0.1) is 11.8 Å². The van der Waals surface area contributed by atoms with Crippen molar-refractivity contribution in [3.8, 4) is 11.8 Å². The van der Waals surface area contributed by atoms with Gasteiger partial charge in [-0.3, -0.25) is 14.6 Å². The minimum absolute atomic E-state index is 0.0712. The second-order valence-electron chi connectivity index (χ2n) is 12.8. The van der Waals surface area contributed by atoms with Gasteiger partial charge < -0.3 is 23.8 Å². The number of nitrogens with one attached hydrogen (secondary N) is 2. The van der Waals surface area contributed by atoms with Crippen LogP contribution < -0.4 is 21.2 Å². The molecule has 0 radical (unpaired) electrons. The maximum atomic E-state index is 13.2. The van der Waals surface area contributed by atoms with Crippen LogP contribution in [0.2, 0.25) is 5.04 Å². The van der Waals surface area contributed by atoms with Gasteiger partial charge in [0.15, 0.2) is 5.65 Å². The first-order chi connectivity index (χ1) is 22.6. The van der Waals surface area contributed by atoms with Crippen molar-refractivity contribution in [2.75, 3.05) is 31.2 Å². The van der Waals surface area contributed by atoms with Crippen LogP contribution in [-0.2, 0) is 18.7 Å². The molecule has 47 heavy (non-hydrogen) atoms. The van der Waals surface area contributed by atoms with Gasteiger partial charge in [-0.2, -0.15) is 4.98 Å². The molecule has 11 heteroatoms. The molecule has 1 unspecified atom stereocenters. The summed E-state index contributed by atoms with van der Waals surface area (Å²) in [5, 5.41) is 5.53. The molecule has 1 aliphatic rings. The first-order valence-electron chi connectivity index (χ1n) is 15.9. The molecule has 3 atom stereocenters. The number of ketones is 1. The van der Waals surface area contributed by atoms with Crippen LogP contribution in [0.5, 0.6) is 0 Å². The second kappa shape index (κ2) is 15.0. The third-order valence-electron chi connectivity index (χ3n) is 8.52. The van der Waals surface area contributed by atoms with Gasteiger partial charge >= 0.3 is 0 Å². The molecule has 0 aliphatic carbocycles. The first-order valence-corrected chi connectivity index (χ1v) is 19.2. The highest BCUT2D eigenvalue weighted by Gasteiger charge is 2.51. The van der Waals surface area contributed by atoms with Crippen molar-refractivity contribution < 1.29 is 18.7 Å². The van der Waals surface area contributed by atoms with Gasteiger partial charge in [-0.05, 0) is 28.6 Å². The number of benzene rings is 2. The van der Waals surface area contributed by atoms with E-state index in [0.29, 0.717) is 54.4 Å². The number of Topliss-reactive ketones (excluding diaryl/α,β-unsaturated/α-hetero) is 1. The zero-order chi connectivity index (χ0) is 33.6. The predicted octanol–water partition coefficient (Wildman–Crippen LogP) is 5.06. The summed E-state index contributed by atoms with van der Waals surface area (Å²) in [6.45, 7) is 8.64. The van der Waals surface area contributed by atoms with E-state index in [4.69, 9.17) is 18.9 Å². The highest BCUT2D eigenvalue weighted by atomic mass is 32.2. The largest absolute Gasteiger partial charge is 0.405 e. The standard InChI is InChI=1S/C36H44N4O5SSi/c1-25(41)15-13-14-16-26-22-40(33-32(26)34(42)39-35(37-5)38-33)31-21-29(43-24-46-6)30(45-31)23-44-47(36(2,3)4,27-17-9-7-10-18-27)28-19-11-8-12-20-28/h7-12,17-20,22,29-31H,13,15,21,23-24H2,1-6H3,(H2,37,38,39,42)/t29?,30-,31-/m1/s1. The van der Waals surface area contributed by atoms with Gasteiger partial charge in [0, 0.05) is 32.5 Å². The van der Waals surface area contributed by atoms with Crippen molar-refractivity contribution in [1.82, 2.24) is 14.5 Å². The van der Waals surface area contributed by atoms with Gasteiger partial charge in [0.05, 0.1) is 29.6 Å². The number of aromatic nitrogens is 3. The zero-order valence-electron chi connectivity index (χ0n) is 28.0. The second-order valence-corrected chi connectivity index (χ2v) is 17.9. The van der Waals surface area contributed by atoms with Crippen molar-refractivity contribution >= 4 is 53.2 Å². The summed E-state index contributed by atoms with van der Waals surface area (Å²) in [5.74, 6) is 7.08. The molecule has 0 spiro atoms. The average molecular weight is 673 g/mol. The minimum atomic E-state index is -2.82. The average Bonchev–Trinajstić information content (AvgIpc) is 3.63. The SMILES string of the molecule is CNc1nc2c(c(C#CCCC(C)=O)cn2[C@H]2CC(OCSC)[C@@H](CO[Si](c3ccccc3)(c3ccccc3)C(C)(C)C)O2)c(=O)[nH]1. The number of carbonyl (C=O) groups excluding carboxylic acids is 1. The summed E-state index contributed by atoms with van der Waals surface area (Å²) >= 11 is 1.61. The lowest BCUT2D eigenvalue weighted by molar-refractivity contribution is -0.116. The monoisotopic (exact) mass is 672 g/mol. The van der Waals surface area contributed by atoms with Crippen LogP contribution in [0.25, 0.3) is 11.0 Å². The summed E-state index contributed by atoms with van der Waals surface area (Å²) in [7, 11) is -1.12. The lowest BCUT2D eigenvalue weighted by Crippen LogP contribution is -2.67. The molecule has 0 saturated carbocycles. The fourth-order valence-corrected chi connectivity index (χ4v) is 11.2. The number of ether oxygens (including phenoxy) is 2. The molecule has 5 rings (SSSR count). The Morgan fingerprint density at radius 3 is 2.38 bits per heavy atom. The maximum Gasteiger partial charge on any atom is 0.263 e. The number of hydrogen-bond donors (Lipinski definition) is 2. The summed E-state index contributed by atoms with van der Waals surface area (Å²) in [6, 6.07) is 21.1. The van der Waals surface area contributed by atoms with Gasteiger partial charge in [0.25, 0.3) is 13.9 Å². The first kappa shape index (κ1) is 34.7. The van der Waals surface area contributed by atoms with E-state index in [1.54, 1.807) is 25.7 Å². The minimum Gasteiger partial charge on any atom is -0.405 e. The van der Waals surface area contributed by atoms with E-state index in [2.05, 4.69) is 91.4 Å². The summed E-state index contributed by atoms with van der Waals surface area (Å²) in [6.07, 6.45) is 4.05. The van der Waals surface area contributed by atoms with Crippen molar-refractivity contribution in [2.24, 2.45) is 0 Å². The van der Waals surface area contributed by atoms with Gasteiger partial charge in [0.1, 0.15) is 18.1 Å². The molecule has 2 aromatic carbocycles. The Labute approximate surface area is 281 Å². The van der Waals surface area contributed by atoms with Crippen molar-refractivity contribution in [3.63, 3.8) is 0 Å². The van der Waals surface area contributed by atoms with E-state index in [1.165, 1.54) is 10.4 Å². The predicted molar refractivity (Wildman–Crippen MR) is 192 cm³/mol. The molecule has 4 aromatic rings. The number of anilines is 1. The third kappa shape index (κ3) is 7.42. The van der Waals surface area contributed by atoms with Crippen LogP contribution in [0.4, 0.5) is 5.95 Å². The molecule has 9 nitrogen and oxygen atoms in total. The number of hydrogen-bond acceptors (Lipinski definition) is 8. The van der Waals surface area contributed by atoms with Gasteiger partial charge in [-0.1, -0.05) is 93.3 Å². The molecule has 248 valence electrons. The van der Waals surface area contributed by atoms with Crippen molar-refractivity contribution in [2.45, 2.75) is 70.4 Å². The Kier molecular flexibility index (Phi) is 11.1. The highest BCUT2D eigenvalue weighted by molar-refractivity contribution is 7.98. The van der Waals surface area contributed by atoms with Crippen LogP contribution in [0, 0.1) is 11.8 Å².